The van der Waals surface area contributed by atoms with E-state index in [0.717, 1.165) is 21.9 Å². The third kappa shape index (κ3) is 5.57. The zero-order chi connectivity index (χ0) is 49.1. The number of furan rings is 1. The molecule has 346 valence electrons. The summed E-state index contributed by atoms with van der Waals surface area (Å²) in [6.45, 7) is 2.12. The number of hydrogen-bond acceptors (Lipinski definition) is 3. The molecule has 0 fully saturated rings. The lowest BCUT2D eigenvalue weighted by atomic mass is 9.30. The molecule has 1 aromatic heterocycles. The largest absolute Gasteiger partial charge is 0.457 e. The molecule has 0 radical (unpaired) electrons. The van der Waals surface area contributed by atoms with E-state index in [9.17, 15) is 0 Å². The zero-order valence-electron chi connectivity index (χ0n) is 41.0. The summed E-state index contributed by atoms with van der Waals surface area (Å²) >= 11 is 1.94. The van der Waals surface area contributed by atoms with Crippen LogP contribution in [0.2, 0.25) is 0 Å². The SMILES string of the molecule is Cc1ccc2c(oc3ccccc32)c1B1c2cc(-c3ccccc3)cc3c2N2c4c1cc(-c1cc5ccccc5c5ccccc15)cc4[Si](c1ccccc1)(c1ccccc1)c1ccc4c(c12)B3c1ccccc1S4. The molecule has 0 saturated carbocycles. The highest BCUT2D eigenvalue weighted by Crippen LogP contribution is 2.47. The Balaban J connectivity index is 1.12. The van der Waals surface area contributed by atoms with Gasteiger partial charge in [-0.2, -0.15) is 0 Å². The van der Waals surface area contributed by atoms with Gasteiger partial charge >= 0.3 is 0 Å². The van der Waals surface area contributed by atoms with E-state index in [-0.39, 0.29) is 13.4 Å². The van der Waals surface area contributed by atoms with Gasteiger partial charge in [0.15, 0.2) is 8.07 Å². The molecule has 0 N–H and O–H groups in total. The summed E-state index contributed by atoms with van der Waals surface area (Å²) in [5.74, 6) is 0. The standard InChI is InChI=1S/C69H43B2NOSSi/c1-42-33-34-53-52-29-15-17-31-59(52)73-69(53)64(42)71-57-39-45(43-19-5-2-6-20-43)38-56-66(57)72-67-58(71)40-46(54-37-44-21-11-12-26-49(44)50-27-13-14-28-51(50)54)41-63(67)75(47-22-7-3-8-23-47,48-24-9-4-10-25-48)62-36-35-61-65(68(62)72)70(56)55-30-16-18-32-60(55)74-61/h2-41H,1H3. The molecule has 0 amide bonds. The van der Waals surface area contributed by atoms with E-state index in [1.165, 1.54) is 130 Å². The monoisotopic (exact) mass is 983 g/mol. The van der Waals surface area contributed by atoms with E-state index in [4.69, 9.17) is 4.42 Å². The second-order valence-electron chi connectivity index (χ2n) is 21.0. The van der Waals surface area contributed by atoms with E-state index in [0.29, 0.717) is 0 Å². The van der Waals surface area contributed by atoms with Crippen molar-refractivity contribution in [3.05, 3.63) is 248 Å². The first kappa shape index (κ1) is 41.9. The molecule has 13 aromatic rings. The molecule has 6 heteroatoms. The van der Waals surface area contributed by atoms with E-state index in [2.05, 4.69) is 254 Å². The molecular weight excluding hydrogens is 941 g/mol. The molecule has 0 bridgehead atoms. The Kier molecular flexibility index (Phi) is 8.66. The third-order valence-electron chi connectivity index (χ3n) is 17.3. The number of benzene rings is 12. The van der Waals surface area contributed by atoms with Gasteiger partial charge in [-0.05, 0) is 123 Å². The summed E-state index contributed by atoms with van der Waals surface area (Å²) < 4.78 is 7.26. The maximum absolute atomic E-state index is 7.26. The number of para-hydroxylation sites is 1. The Morgan fingerprint density at radius 3 is 1.79 bits per heavy atom. The van der Waals surface area contributed by atoms with Gasteiger partial charge in [-0.25, -0.2) is 0 Å². The summed E-state index contributed by atoms with van der Waals surface area (Å²) in [6, 6.07) is 92.8. The van der Waals surface area contributed by atoms with Crippen molar-refractivity contribution in [1.82, 2.24) is 0 Å². The second kappa shape index (κ2) is 15.5. The molecule has 12 aromatic carbocycles. The van der Waals surface area contributed by atoms with Crippen molar-refractivity contribution in [2.75, 3.05) is 4.90 Å². The maximum Gasteiger partial charge on any atom is 0.251 e. The molecule has 75 heavy (non-hydrogen) atoms. The summed E-state index contributed by atoms with van der Waals surface area (Å²) in [6.07, 6.45) is 0. The zero-order valence-corrected chi connectivity index (χ0v) is 42.8. The first-order valence-electron chi connectivity index (χ1n) is 26.2. The normalized spacial score (nSPS) is 14.2. The molecule has 0 atom stereocenters. The fraction of sp³-hybridized carbons (Fsp3) is 0.0145. The number of aryl methyl sites for hydroxylation is 1. The van der Waals surface area contributed by atoms with Crippen LogP contribution in [0.15, 0.2) is 257 Å². The van der Waals surface area contributed by atoms with Gasteiger partial charge in [0, 0.05) is 37.6 Å². The van der Waals surface area contributed by atoms with Gasteiger partial charge in [0.1, 0.15) is 11.2 Å². The van der Waals surface area contributed by atoms with Crippen LogP contribution in [-0.2, 0) is 0 Å². The predicted molar refractivity (Wildman–Crippen MR) is 323 cm³/mol. The quantitative estimate of drug-likeness (QED) is 0.126. The first-order valence-corrected chi connectivity index (χ1v) is 29.0. The number of rotatable bonds is 5. The second-order valence-corrected chi connectivity index (χ2v) is 25.8. The van der Waals surface area contributed by atoms with Gasteiger partial charge in [0.05, 0.1) is 0 Å². The van der Waals surface area contributed by atoms with Crippen LogP contribution in [0, 0.1) is 6.92 Å². The maximum atomic E-state index is 7.26. The number of anilines is 3. The van der Waals surface area contributed by atoms with E-state index >= 15 is 0 Å². The van der Waals surface area contributed by atoms with E-state index < -0.39 is 8.07 Å². The minimum Gasteiger partial charge on any atom is -0.457 e. The highest BCUT2D eigenvalue weighted by Gasteiger charge is 2.57. The number of fused-ring (bicyclic) bond motifs is 9. The van der Waals surface area contributed by atoms with Crippen LogP contribution in [-0.4, -0.2) is 21.5 Å². The lowest BCUT2D eigenvalue weighted by Gasteiger charge is -2.53. The molecular formula is C69H43B2NOSSi. The van der Waals surface area contributed by atoms with Crippen LogP contribution in [0.4, 0.5) is 17.1 Å². The van der Waals surface area contributed by atoms with Crippen molar-refractivity contribution in [2.45, 2.75) is 16.7 Å². The lowest BCUT2D eigenvalue weighted by molar-refractivity contribution is 0.671. The average Bonchev–Trinajstić information content (AvgIpc) is 4.02. The summed E-state index contributed by atoms with van der Waals surface area (Å²) in [5, 5.41) is 13.0. The van der Waals surface area contributed by atoms with Gasteiger partial charge in [-0.3, -0.25) is 0 Å². The van der Waals surface area contributed by atoms with Gasteiger partial charge < -0.3 is 9.32 Å². The van der Waals surface area contributed by atoms with Crippen molar-refractivity contribution in [1.29, 1.82) is 0 Å². The highest BCUT2D eigenvalue weighted by atomic mass is 32.2. The Morgan fingerprint density at radius 1 is 0.400 bits per heavy atom. The van der Waals surface area contributed by atoms with Gasteiger partial charge in [-0.1, -0.05) is 241 Å². The molecule has 0 spiro atoms. The Labute approximate surface area is 441 Å². The Morgan fingerprint density at radius 2 is 1.01 bits per heavy atom. The van der Waals surface area contributed by atoms with Gasteiger partial charge in [-0.15, -0.1) is 0 Å². The summed E-state index contributed by atoms with van der Waals surface area (Å²) in [5.41, 5.74) is 20.1. The predicted octanol–water partition coefficient (Wildman–Crippen LogP) is 10.8. The molecule has 4 aliphatic rings. The van der Waals surface area contributed by atoms with Crippen LogP contribution in [0.1, 0.15) is 5.56 Å². The van der Waals surface area contributed by atoms with Crippen molar-refractivity contribution >= 4 is 147 Å². The van der Waals surface area contributed by atoms with Crippen molar-refractivity contribution < 1.29 is 4.42 Å². The van der Waals surface area contributed by atoms with Crippen LogP contribution in [0.3, 0.4) is 0 Å². The average molecular weight is 984 g/mol. The first-order chi connectivity index (χ1) is 37.1. The molecule has 4 aliphatic heterocycles. The molecule has 0 aliphatic carbocycles. The fourth-order valence-electron chi connectivity index (χ4n) is 14.3. The van der Waals surface area contributed by atoms with Crippen LogP contribution < -0.4 is 58.4 Å². The van der Waals surface area contributed by atoms with E-state index in [1.54, 1.807) is 0 Å². The van der Waals surface area contributed by atoms with Crippen LogP contribution >= 0.6 is 11.8 Å². The van der Waals surface area contributed by atoms with Gasteiger partial charge in [0.25, 0.3) is 6.71 Å². The number of hydrogen-bond donors (Lipinski definition) is 0. The summed E-state index contributed by atoms with van der Waals surface area (Å²) in [4.78, 5) is 5.47. The van der Waals surface area contributed by atoms with Crippen molar-refractivity contribution in [3.63, 3.8) is 0 Å². The Bertz CT molecular complexity index is 4570. The molecule has 2 nitrogen and oxygen atoms in total. The number of nitrogens with zero attached hydrogens (tertiary/aromatic N) is 1. The fourth-order valence-corrected chi connectivity index (χ4v) is 20.7. The van der Waals surface area contributed by atoms with Crippen molar-refractivity contribution in [2.24, 2.45) is 0 Å². The van der Waals surface area contributed by atoms with Crippen LogP contribution in [0.5, 0.6) is 0 Å². The molecule has 5 heterocycles. The topological polar surface area (TPSA) is 16.4 Å². The molecule has 0 unspecified atom stereocenters. The van der Waals surface area contributed by atoms with Crippen molar-refractivity contribution in [3.8, 4) is 22.3 Å². The summed E-state index contributed by atoms with van der Waals surface area (Å²) in [7, 11) is -3.24. The molecule has 0 saturated heterocycles. The van der Waals surface area contributed by atoms with Gasteiger partial charge in [0.2, 0.25) is 6.71 Å². The third-order valence-corrected chi connectivity index (χ3v) is 23.3. The highest BCUT2D eigenvalue weighted by molar-refractivity contribution is 8.00. The van der Waals surface area contributed by atoms with E-state index in [1.807, 2.05) is 11.8 Å². The Hall–Kier alpha value is -8.54. The molecule has 17 rings (SSSR count). The minimum absolute atomic E-state index is 0.00869. The van der Waals surface area contributed by atoms with Crippen LogP contribution in [0.25, 0.3) is 65.7 Å². The lowest BCUT2D eigenvalue weighted by Crippen LogP contribution is -2.81. The minimum atomic E-state index is -3.24. The smallest absolute Gasteiger partial charge is 0.251 e.